The number of ether oxygens (including phenoxy) is 1. The smallest absolute Gasteiger partial charge is 0.180 e. The van der Waals surface area contributed by atoms with Crippen molar-refractivity contribution < 1.29 is 4.74 Å². The molecule has 0 radical (unpaired) electrons. The van der Waals surface area contributed by atoms with Crippen molar-refractivity contribution in [2.24, 2.45) is 0 Å². The van der Waals surface area contributed by atoms with Gasteiger partial charge in [0.05, 0.1) is 12.8 Å². The van der Waals surface area contributed by atoms with Crippen LogP contribution in [0.4, 0.5) is 5.82 Å². The molecule has 0 amide bonds. The SMILES string of the molecule is CCN(CCN(C)C)c1nc(-c2ccccn2)nc2c1CN(Cc1ccc(OC)cc1)CC2. The molecule has 7 heteroatoms. The van der Waals surface area contributed by atoms with E-state index in [1.807, 2.05) is 30.3 Å². The minimum atomic E-state index is 0.719. The lowest BCUT2D eigenvalue weighted by molar-refractivity contribution is 0.243. The Hall–Kier alpha value is -3.03. The molecule has 0 aliphatic carbocycles. The van der Waals surface area contributed by atoms with Gasteiger partial charge in [0.25, 0.3) is 0 Å². The van der Waals surface area contributed by atoms with Gasteiger partial charge in [0.2, 0.25) is 0 Å². The predicted molar refractivity (Wildman–Crippen MR) is 133 cm³/mol. The minimum absolute atomic E-state index is 0.719. The van der Waals surface area contributed by atoms with Gasteiger partial charge in [-0.05, 0) is 50.8 Å². The van der Waals surface area contributed by atoms with Crippen molar-refractivity contribution in [3.05, 3.63) is 65.5 Å². The first-order chi connectivity index (χ1) is 16.1. The summed E-state index contributed by atoms with van der Waals surface area (Å²) in [6.07, 6.45) is 2.71. The molecule has 33 heavy (non-hydrogen) atoms. The molecule has 0 saturated heterocycles. The van der Waals surface area contributed by atoms with E-state index >= 15 is 0 Å². The highest BCUT2D eigenvalue weighted by molar-refractivity contribution is 5.58. The van der Waals surface area contributed by atoms with E-state index in [1.54, 1.807) is 13.3 Å². The zero-order chi connectivity index (χ0) is 23.2. The summed E-state index contributed by atoms with van der Waals surface area (Å²) in [6, 6.07) is 14.2. The molecule has 4 rings (SSSR count). The van der Waals surface area contributed by atoms with Crippen molar-refractivity contribution in [1.29, 1.82) is 0 Å². The molecule has 2 aromatic heterocycles. The van der Waals surface area contributed by atoms with Crippen LogP contribution in [0.3, 0.4) is 0 Å². The molecular formula is C26H34N6O. The molecular weight excluding hydrogens is 412 g/mol. The van der Waals surface area contributed by atoms with E-state index in [-0.39, 0.29) is 0 Å². The molecule has 174 valence electrons. The summed E-state index contributed by atoms with van der Waals surface area (Å²) in [7, 11) is 5.92. The van der Waals surface area contributed by atoms with Gasteiger partial charge < -0.3 is 14.5 Å². The molecule has 3 aromatic rings. The monoisotopic (exact) mass is 446 g/mol. The molecule has 0 saturated carbocycles. The standard InChI is InChI=1S/C26H34N6O/c1-5-32(17-16-30(2)3)26-22-19-31(18-20-9-11-21(33-4)12-10-20)15-13-23(22)28-25(29-26)24-8-6-7-14-27-24/h6-12,14H,5,13,15-19H2,1-4H3. The molecule has 0 spiro atoms. The van der Waals surface area contributed by atoms with Gasteiger partial charge in [-0.1, -0.05) is 18.2 Å². The van der Waals surface area contributed by atoms with Crippen LogP contribution in [0.5, 0.6) is 5.75 Å². The Labute approximate surface area is 197 Å². The van der Waals surface area contributed by atoms with Crippen molar-refractivity contribution in [2.75, 3.05) is 52.3 Å². The van der Waals surface area contributed by atoms with Gasteiger partial charge in [0.1, 0.15) is 17.3 Å². The lowest BCUT2D eigenvalue weighted by atomic mass is 10.0. The largest absolute Gasteiger partial charge is 0.497 e. The van der Waals surface area contributed by atoms with Gasteiger partial charge in [-0.3, -0.25) is 9.88 Å². The number of hydrogen-bond donors (Lipinski definition) is 0. The third-order valence-electron chi connectivity index (χ3n) is 6.08. The van der Waals surface area contributed by atoms with Crippen molar-refractivity contribution >= 4 is 5.82 Å². The van der Waals surface area contributed by atoms with Gasteiger partial charge >= 0.3 is 0 Å². The van der Waals surface area contributed by atoms with Crippen LogP contribution in [-0.4, -0.2) is 72.1 Å². The molecule has 0 atom stereocenters. The molecule has 1 aliphatic heterocycles. The second-order valence-corrected chi connectivity index (χ2v) is 8.70. The van der Waals surface area contributed by atoms with Crippen molar-refractivity contribution in [2.45, 2.75) is 26.4 Å². The van der Waals surface area contributed by atoms with Gasteiger partial charge in [0, 0.05) is 57.4 Å². The summed E-state index contributed by atoms with van der Waals surface area (Å²) in [5.74, 6) is 2.65. The topological polar surface area (TPSA) is 57.6 Å². The third-order valence-corrected chi connectivity index (χ3v) is 6.08. The molecule has 1 aromatic carbocycles. The Morgan fingerprint density at radius 1 is 1.03 bits per heavy atom. The van der Waals surface area contributed by atoms with Crippen LogP contribution in [0.25, 0.3) is 11.5 Å². The highest BCUT2D eigenvalue weighted by Crippen LogP contribution is 2.30. The molecule has 3 heterocycles. The maximum Gasteiger partial charge on any atom is 0.180 e. The van der Waals surface area contributed by atoms with Crippen LogP contribution in [0, 0.1) is 0 Å². The number of nitrogens with zero attached hydrogens (tertiary/aromatic N) is 6. The first-order valence-corrected chi connectivity index (χ1v) is 11.6. The predicted octanol–water partition coefficient (Wildman–Crippen LogP) is 3.49. The number of benzene rings is 1. The maximum absolute atomic E-state index is 5.30. The average Bonchev–Trinajstić information content (AvgIpc) is 2.85. The van der Waals surface area contributed by atoms with Gasteiger partial charge in [0.15, 0.2) is 5.82 Å². The van der Waals surface area contributed by atoms with Crippen LogP contribution in [0.2, 0.25) is 0 Å². The van der Waals surface area contributed by atoms with Crippen LogP contribution in [0.15, 0.2) is 48.7 Å². The molecule has 1 aliphatic rings. The van der Waals surface area contributed by atoms with E-state index in [4.69, 9.17) is 14.7 Å². The highest BCUT2D eigenvalue weighted by atomic mass is 16.5. The number of anilines is 1. The quantitative estimate of drug-likeness (QED) is 0.499. The maximum atomic E-state index is 5.30. The number of hydrogen-bond acceptors (Lipinski definition) is 7. The second-order valence-electron chi connectivity index (χ2n) is 8.70. The van der Waals surface area contributed by atoms with Crippen LogP contribution < -0.4 is 9.64 Å². The van der Waals surface area contributed by atoms with Gasteiger partial charge in [-0.25, -0.2) is 9.97 Å². The van der Waals surface area contributed by atoms with E-state index in [1.165, 1.54) is 11.1 Å². The average molecular weight is 447 g/mol. The third kappa shape index (κ3) is 5.67. The number of methoxy groups -OCH3 is 1. The summed E-state index contributed by atoms with van der Waals surface area (Å²) in [4.78, 5) is 21.6. The van der Waals surface area contributed by atoms with E-state index in [0.29, 0.717) is 0 Å². The normalized spacial score (nSPS) is 13.7. The summed E-state index contributed by atoms with van der Waals surface area (Å²) >= 11 is 0. The minimum Gasteiger partial charge on any atom is -0.497 e. The zero-order valence-electron chi connectivity index (χ0n) is 20.2. The van der Waals surface area contributed by atoms with E-state index in [9.17, 15) is 0 Å². The number of likely N-dealkylation sites (N-methyl/N-ethyl adjacent to an activating group) is 2. The Kier molecular flexibility index (Phi) is 7.52. The van der Waals surface area contributed by atoms with Crippen molar-refractivity contribution in [3.63, 3.8) is 0 Å². The first-order valence-electron chi connectivity index (χ1n) is 11.6. The van der Waals surface area contributed by atoms with Crippen LogP contribution in [0.1, 0.15) is 23.7 Å². The van der Waals surface area contributed by atoms with E-state index in [0.717, 1.165) is 74.5 Å². The summed E-state index contributed by atoms with van der Waals surface area (Å²) in [6.45, 7) is 7.71. The summed E-state index contributed by atoms with van der Waals surface area (Å²) in [5, 5.41) is 0. The van der Waals surface area contributed by atoms with E-state index in [2.05, 4.69) is 52.8 Å². The molecule has 0 bridgehead atoms. The Morgan fingerprint density at radius 2 is 1.85 bits per heavy atom. The zero-order valence-corrected chi connectivity index (χ0v) is 20.2. The lowest BCUT2D eigenvalue weighted by Crippen LogP contribution is -2.36. The van der Waals surface area contributed by atoms with Gasteiger partial charge in [-0.15, -0.1) is 0 Å². The van der Waals surface area contributed by atoms with Crippen LogP contribution in [-0.2, 0) is 19.5 Å². The summed E-state index contributed by atoms with van der Waals surface area (Å²) in [5.41, 5.74) is 4.50. The van der Waals surface area contributed by atoms with Crippen LogP contribution >= 0.6 is 0 Å². The molecule has 0 fully saturated rings. The number of pyridine rings is 1. The number of aromatic nitrogens is 3. The summed E-state index contributed by atoms with van der Waals surface area (Å²) < 4.78 is 5.30. The molecule has 0 unspecified atom stereocenters. The number of rotatable bonds is 9. The second kappa shape index (κ2) is 10.7. The fraction of sp³-hybridized carbons (Fsp3) is 0.423. The first kappa shape index (κ1) is 23.1. The highest BCUT2D eigenvalue weighted by Gasteiger charge is 2.25. The Balaban J connectivity index is 1.65. The number of fused-ring (bicyclic) bond motifs is 1. The lowest BCUT2D eigenvalue weighted by Gasteiger charge is -2.33. The Bertz CT molecular complexity index is 1040. The van der Waals surface area contributed by atoms with E-state index < -0.39 is 0 Å². The van der Waals surface area contributed by atoms with Gasteiger partial charge in [-0.2, -0.15) is 0 Å². The fourth-order valence-corrected chi connectivity index (χ4v) is 4.18. The molecule has 0 N–H and O–H groups in total. The van der Waals surface area contributed by atoms with Crippen molar-refractivity contribution in [3.8, 4) is 17.3 Å². The Morgan fingerprint density at radius 3 is 2.52 bits per heavy atom. The van der Waals surface area contributed by atoms with Crippen molar-refractivity contribution in [1.82, 2.24) is 24.8 Å². The fourth-order valence-electron chi connectivity index (χ4n) is 4.18. The molecule has 7 nitrogen and oxygen atoms in total.